The molecule has 3 aromatic heterocycles. The Morgan fingerprint density at radius 3 is 2.02 bits per heavy atom. The number of H-pyrrole nitrogens is 1. The highest BCUT2D eigenvalue weighted by molar-refractivity contribution is 5.83. The van der Waals surface area contributed by atoms with E-state index in [1.54, 1.807) is 7.11 Å². The summed E-state index contributed by atoms with van der Waals surface area (Å²) in [6.07, 6.45) is 10.4. The van der Waals surface area contributed by atoms with E-state index in [1.807, 2.05) is 18.5 Å². The minimum Gasteiger partial charge on any atom is -0.497 e. The molecule has 8 aromatic rings. The Morgan fingerprint density at radius 2 is 1.33 bits per heavy atom. The quantitative estimate of drug-likeness (QED) is 0.116. The largest absolute Gasteiger partial charge is 0.497 e. The van der Waals surface area contributed by atoms with Gasteiger partial charge < -0.3 is 18.9 Å². The second-order valence-electron chi connectivity index (χ2n) is 13.3. The Balaban J connectivity index is 1.08. The zero-order valence-electron chi connectivity index (χ0n) is 29.4. The molecule has 0 fully saturated rings. The van der Waals surface area contributed by atoms with Crippen LogP contribution in [-0.4, -0.2) is 36.4 Å². The maximum atomic E-state index is 5.51. The third kappa shape index (κ3) is 6.53. The SMILES string of the molecule is COc1cccc(Cc2nnc(CCc3c[nH]c4ccccc34)n2CCCc2cn(C(c3ccccc3)(c3ccccc3)c3ccccc3)cn2)c1. The molecule has 0 saturated carbocycles. The molecule has 7 nitrogen and oxygen atoms in total. The molecule has 3 heterocycles. The third-order valence-corrected chi connectivity index (χ3v) is 10.1. The first-order valence-electron chi connectivity index (χ1n) is 18.0. The molecule has 0 amide bonds. The molecule has 0 atom stereocenters. The molecule has 0 radical (unpaired) electrons. The molecular weight excluding hydrogens is 641 g/mol. The highest BCUT2D eigenvalue weighted by atomic mass is 16.5. The molecule has 7 heteroatoms. The number of hydrogen-bond donors (Lipinski definition) is 1. The molecule has 0 unspecified atom stereocenters. The highest BCUT2D eigenvalue weighted by Gasteiger charge is 2.38. The smallest absolute Gasteiger partial charge is 0.137 e. The fourth-order valence-corrected chi connectivity index (χ4v) is 7.58. The van der Waals surface area contributed by atoms with Gasteiger partial charge in [0.1, 0.15) is 22.9 Å². The number of imidazole rings is 1. The van der Waals surface area contributed by atoms with Gasteiger partial charge in [-0.15, -0.1) is 10.2 Å². The molecule has 0 saturated heterocycles. The van der Waals surface area contributed by atoms with Crippen LogP contribution in [0.3, 0.4) is 0 Å². The van der Waals surface area contributed by atoms with Crippen molar-refractivity contribution in [3.63, 3.8) is 0 Å². The Hall–Kier alpha value is -6.21. The molecule has 0 bridgehead atoms. The lowest BCUT2D eigenvalue weighted by Gasteiger charge is -2.37. The first kappa shape index (κ1) is 33.0. The van der Waals surface area contributed by atoms with E-state index in [0.29, 0.717) is 6.42 Å². The van der Waals surface area contributed by atoms with Crippen molar-refractivity contribution in [1.82, 2.24) is 29.3 Å². The van der Waals surface area contributed by atoms with Crippen molar-refractivity contribution in [2.75, 3.05) is 7.11 Å². The van der Waals surface area contributed by atoms with Crippen molar-refractivity contribution < 1.29 is 4.74 Å². The molecule has 0 aliphatic heterocycles. The molecule has 258 valence electrons. The maximum absolute atomic E-state index is 5.51. The van der Waals surface area contributed by atoms with Crippen LogP contribution in [0, 0.1) is 0 Å². The lowest BCUT2D eigenvalue weighted by molar-refractivity contribution is 0.414. The Bertz CT molecular complexity index is 2260. The molecular formula is C45H42N6O. The van der Waals surface area contributed by atoms with Gasteiger partial charge in [-0.05, 0) is 65.3 Å². The van der Waals surface area contributed by atoms with E-state index in [-0.39, 0.29) is 0 Å². The summed E-state index contributed by atoms with van der Waals surface area (Å²) in [7, 11) is 1.70. The number of methoxy groups -OCH3 is 1. The molecule has 8 rings (SSSR count). The molecule has 1 N–H and O–H groups in total. The van der Waals surface area contributed by atoms with Gasteiger partial charge in [-0.1, -0.05) is 121 Å². The Labute approximate surface area is 304 Å². The second kappa shape index (κ2) is 15.0. The zero-order valence-corrected chi connectivity index (χ0v) is 29.4. The predicted molar refractivity (Wildman–Crippen MR) is 207 cm³/mol. The van der Waals surface area contributed by atoms with E-state index in [0.717, 1.165) is 66.4 Å². The predicted octanol–water partition coefficient (Wildman–Crippen LogP) is 8.81. The van der Waals surface area contributed by atoms with Crippen LogP contribution in [0.5, 0.6) is 5.75 Å². The van der Waals surface area contributed by atoms with Gasteiger partial charge in [-0.3, -0.25) is 0 Å². The van der Waals surface area contributed by atoms with Crippen molar-refractivity contribution in [3.8, 4) is 5.75 Å². The summed E-state index contributed by atoms with van der Waals surface area (Å²) >= 11 is 0. The second-order valence-corrected chi connectivity index (χ2v) is 13.3. The van der Waals surface area contributed by atoms with Gasteiger partial charge in [-0.25, -0.2) is 4.98 Å². The van der Waals surface area contributed by atoms with Crippen LogP contribution in [-0.2, 0) is 37.8 Å². The summed E-state index contributed by atoms with van der Waals surface area (Å²) in [5.74, 6) is 2.81. The van der Waals surface area contributed by atoms with Gasteiger partial charge in [-0.2, -0.15) is 0 Å². The topological polar surface area (TPSA) is 73.6 Å². The van der Waals surface area contributed by atoms with Gasteiger partial charge in [0.05, 0.1) is 19.1 Å². The number of benzene rings is 5. The number of aryl methyl sites for hydroxylation is 3. The summed E-state index contributed by atoms with van der Waals surface area (Å²) in [6.45, 7) is 0.795. The number of para-hydroxylation sites is 1. The van der Waals surface area contributed by atoms with Crippen molar-refractivity contribution in [1.29, 1.82) is 0 Å². The summed E-state index contributed by atoms with van der Waals surface area (Å²) in [5.41, 5.74) is 7.62. The summed E-state index contributed by atoms with van der Waals surface area (Å²) in [5, 5.41) is 10.7. The normalized spacial score (nSPS) is 11.6. The molecule has 0 aliphatic rings. The van der Waals surface area contributed by atoms with Crippen LogP contribution in [0.15, 0.2) is 158 Å². The maximum Gasteiger partial charge on any atom is 0.137 e. The Morgan fingerprint density at radius 1 is 0.673 bits per heavy atom. The van der Waals surface area contributed by atoms with E-state index in [4.69, 9.17) is 19.9 Å². The van der Waals surface area contributed by atoms with Crippen molar-refractivity contribution in [2.45, 2.75) is 44.2 Å². The fourth-order valence-electron chi connectivity index (χ4n) is 7.58. The van der Waals surface area contributed by atoms with Gasteiger partial charge in [0.25, 0.3) is 0 Å². The Kier molecular flexibility index (Phi) is 9.48. The van der Waals surface area contributed by atoms with Crippen molar-refractivity contribution >= 4 is 10.9 Å². The van der Waals surface area contributed by atoms with E-state index in [1.165, 1.54) is 27.6 Å². The number of fused-ring (bicyclic) bond motifs is 1. The van der Waals surface area contributed by atoms with Gasteiger partial charge in [0.15, 0.2) is 0 Å². The fraction of sp³-hybridized carbons (Fsp3) is 0.178. The van der Waals surface area contributed by atoms with E-state index in [9.17, 15) is 0 Å². The first-order valence-corrected chi connectivity index (χ1v) is 18.0. The molecule has 0 spiro atoms. The molecule has 0 aliphatic carbocycles. The number of ether oxygens (including phenoxy) is 1. The molecule has 52 heavy (non-hydrogen) atoms. The number of nitrogens with zero attached hydrogens (tertiary/aromatic N) is 5. The van der Waals surface area contributed by atoms with Crippen LogP contribution in [0.1, 0.15) is 51.6 Å². The number of rotatable bonds is 14. The lowest BCUT2D eigenvalue weighted by atomic mass is 9.77. The third-order valence-electron chi connectivity index (χ3n) is 10.1. The van der Waals surface area contributed by atoms with E-state index in [2.05, 4.69) is 154 Å². The number of nitrogens with one attached hydrogen (secondary N) is 1. The average Bonchev–Trinajstić information content (AvgIpc) is 3.95. The lowest BCUT2D eigenvalue weighted by Crippen LogP contribution is -2.36. The van der Waals surface area contributed by atoms with Crippen LogP contribution in [0.25, 0.3) is 10.9 Å². The van der Waals surface area contributed by atoms with Gasteiger partial charge in [0, 0.05) is 42.7 Å². The number of aromatic nitrogens is 6. The zero-order chi connectivity index (χ0) is 35.2. The van der Waals surface area contributed by atoms with E-state index >= 15 is 0 Å². The summed E-state index contributed by atoms with van der Waals surface area (Å²) in [6, 6.07) is 48.9. The highest BCUT2D eigenvalue weighted by Crippen LogP contribution is 2.40. The van der Waals surface area contributed by atoms with E-state index < -0.39 is 5.54 Å². The van der Waals surface area contributed by atoms with Crippen molar-refractivity contribution in [2.24, 2.45) is 0 Å². The van der Waals surface area contributed by atoms with Gasteiger partial charge >= 0.3 is 0 Å². The van der Waals surface area contributed by atoms with Crippen LogP contribution < -0.4 is 4.74 Å². The average molecular weight is 683 g/mol. The number of hydrogen-bond acceptors (Lipinski definition) is 4. The van der Waals surface area contributed by atoms with Crippen LogP contribution >= 0.6 is 0 Å². The summed E-state index contributed by atoms with van der Waals surface area (Å²) < 4.78 is 10.1. The summed E-state index contributed by atoms with van der Waals surface area (Å²) in [4.78, 5) is 8.43. The van der Waals surface area contributed by atoms with Crippen LogP contribution in [0.4, 0.5) is 0 Å². The first-order chi connectivity index (χ1) is 25.7. The van der Waals surface area contributed by atoms with Gasteiger partial charge in [0.2, 0.25) is 0 Å². The number of aromatic amines is 1. The standard InChI is InChI=1S/C45H42N6O/c1-52-40-23-13-15-34(29-40)30-44-49-48-43(27-26-35-31-46-42-25-12-11-24-41(35)42)51(44)28-14-22-39-32-50(33-47-39)45(36-16-5-2-6-17-36,37-18-7-3-8-19-37)38-20-9-4-10-21-38/h2-13,15-21,23-25,29,31-33,46H,14,22,26-28,30H2,1H3. The molecule has 5 aromatic carbocycles. The minimum atomic E-state index is -0.581. The van der Waals surface area contributed by atoms with Crippen molar-refractivity contribution in [3.05, 3.63) is 203 Å². The minimum absolute atomic E-state index is 0.581. The van der Waals surface area contributed by atoms with Crippen LogP contribution in [0.2, 0.25) is 0 Å². The monoisotopic (exact) mass is 682 g/mol.